The molecule has 0 saturated carbocycles. The van der Waals surface area contributed by atoms with E-state index >= 15 is 0 Å². The highest BCUT2D eigenvalue weighted by Gasteiger charge is 2.20. The van der Waals surface area contributed by atoms with E-state index in [4.69, 9.17) is 5.73 Å². The van der Waals surface area contributed by atoms with Crippen molar-refractivity contribution in [3.05, 3.63) is 11.9 Å². The van der Waals surface area contributed by atoms with E-state index in [2.05, 4.69) is 17.2 Å². The van der Waals surface area contributed by atoms with Crippen molar-refractivity contribution in [3.63, 3.8) is 0 Å². The molecule has 1 fully saturated rings. The highest BCUT2D eigenvalue weighted by Crippen LogP contribution is 2.16. The fourth-order valence-electron chi connectivity index (χ4n) is 2.10. The molecule has 1 unspecified atom stereocenters. The molecule has 1 aromatic rings. The molecule has 1 atom stereocenters. The lowest BCUT2D eigenvalue weighted by molar-refractivity contribution is -0.133. The van der Waals surface area contributed by atoms with Crippen molar-refractivity contribution in [2.45, 2.75) is 39.3 Å². The molecule has 1 amide bonds. The van der Waals surface area contributed by atoms with Crippen molar-refractivity contribution < 1.29 is 4.79 Å². The monoisotopic (exact) mass is 251 g/mol. The Bertz CT molecular complexity index is 406. The van der Waals surface area contributed by atoms with Crippen LogP contribution < -0.4 is 5.73 Å². The third-order valence-electron chi connectivity index (χ3n) is 3.46. The number of hydrogen-bond donors (Lipinski definition) is 1. The Kier molecular flexibility index (Phi) is 3.96. The third kappa shape index (κ3) is 3.07. The normalized spacial score (nSPS) is 18.9. The predicted molar refractivity (Wildman–Crippen MR) is 67.6 cm³/mol. The average Bonchev–Trinajstić information content (AvgIpc) is 2.78. The molecule has 6 nitrogen and oxygen atoms in total. The summed E-state index contributed by atoms with van der Waals surface area (Å²) in [6.45, 7) is 6.05. The zero-order valence-corrected chi connectivity index (χ0v) is 11.0. The van der Waals surface area contributed by atoms with Gasteiger partial charge in [0.2, 0.25) is 5.91 Å². The number of nitrogens with two attached hydrogens (primary N) is 1. The zero-order chi connectivity index (χ0) is 13.1. The number of hydrogen-bond acceptors (Lipinski definition) is 4. The largest absolute Gasteiger partial charge is 0.341 e. The summed E-state index contributed by atoms with van der Waals surface area (Å²) in [6, 6.07) is -0.148. The first-order chi connectivity index (χ1) is 8.56. The van der Waals surface area contributed by atoms with Crippen molar-refractivity contribution in [1.29, 1.82) is 0 Å². The molecule has 18 heavy (non-hydrogen) atoms. The standard InChI is InChI=1S/C12H21N5O/c1-9-3-5-16(6-4-9)12(18)8-17-7-11(10(2)13)14-15-17/h7,9-10H,3-6,8,13H2,1-2H3. The molecule has 100 valence electrons. The van der Waals surface area contributed by atoms with Gasteiger partial charge in [-0.25, -0.2) is 4.68 Å². The number of piperidine rings is 1. The van der Waals surface area contributed by atoms with Crippen LogP contribution in [0.15, 0.2) is 6.20 Å². The van der Waals surface area contributed by atoms with Crippen LogP contribution >= 0.6 is 0 Å². The van der Waals surface area contributed by atoms with Gasteiger partial charge in [-0.15, -0.1) is 5.10 Å². The fraction of sp³-hybridized carbons (Fsp3) is 0.750. The van der Waals surface area contributed by atoms with Crippen LogP contribution in [0, 0.1) is 5.92 Å². The van der Waals surface area contributed by atoms with E-state index in [0.29, 0.717) is 0 Å². The van der Waals surface area contributed by atoms with Crippen molar-refractivity contribution in [1.82, 2.24) is 19.9 Å². The minimum absolute atomic E-state index is 0.114. The van der Waals surface area contributed by atoms with E-state index in [1.54, 1.807) is 10.9 Å². The second-order valence-corrected chi connectivity index (χ2v) is 5.19. The van der Waals surface area contributed by atoms with Gasteiger partial charge in [-0.3, -0.25) is 4.79 Å². The SMILES string of the molecule is CC1CCN(C(=O)Cn2cc(C(C)N)nn2)CC1. The number of amides is 1. The molecule has 1 aliphatic heterocycles. The molecule has 6 heteroatoms. The van der Waals surface area contributed by atoms with E-state index in [0.717, 1.165) is 37.5 Å². The summed E-state index contributed by atoms with van der Waals surface area (Å²) in [6.07, 6.45) is 3.93. The van der Waals surface area contributed by atoms with Crippen molar-refractivity contribution in [2.24, 2.45) is 11.7 Å². The maximum atomic E-state index is 12.1. The van der Waals surface area contributed by atoms with Crippen LogP contribution in [0.1, 0.15) is 38.4 Å². The minimum Gasteiger partial charge on any atom is -0.341 e. The van der Waals surface area contributed by atoms with Gasteiger partial charge in [0.05, 0.1) is 11.9 Å². The molecule has 2 N–H and O–H groups in total. The quantitative estimate of drug-likeness (QED) is 0.851. The van der Waals surface area contributed by atoms with Crippen LogP contribution in [-0.2, 0) is 11.3 Å². The molecular formula is C12H21N5O. The van der Waals surface area contributed by atoms with Crippen LogP contribution in [0.4, 0.5) is 0 Å². The van der Waals surface area contributed by atoms with Gasteiger partial charge < -0.3 is 10.6 Å². The number of nitrogens with zero attached hydrogens (tertiary/aromatic N) is 4. The number of likely N-dealkylation sites (tertiary alicyclic amines) is 1. The van der Waals surface area contributed by atoms with E-state index in [9.17, 15) is 4.79 Å². The Labute approximate surface area is 107 Å². The summed E-state index contributed by atoms with van der Waals surface area (Å²) < 4.78 is 1.57. The van der Waals surface area contributed by atoms with Gasteiger partial charge in [0.25, 0.3) is 0 Å². The average molecular weight is 251 g/mol. The number of carbonyl (C=O) groups excluding carboxylic acids is 1. The van der Waals surface area contributed by atoms with Crippen molar-refractivity contribution in [3.8, 4) is 0 Å². The number of aromatic nitrogens is 3. The summed E-state index contributed by atoms with van der Waals surface area (Å²) in [5.41, 5.74) is 6.42. The Morgan fingerprint density at radius 3 is 2.78 bits per heavy atom. The summed E-state index contributed by atoms with van der Waals surface area (Å²) in [5.74, 6) is 0.841. The molecule has 0 aliphatic carbocycles. The highest BCUT2D eigenvalue weighted by molar-refractivity contribution is 5.75. The van der Waals surface area contributed by atoms with E-state index in [1.807, 2.05) is 11.8 Å². The molecule has 0 bridgehead atoms. The van der Waals surface area contributed by atoms with Gasteiger partial charge in [-0.1, -0.05) is 12.1 Å². The molecule has 0 radical (unpaired) electrons. The molecule has 2 heterocycles. The van der Waals surface area contributed by atoms with Gasteiger partial charge in [0.1, 0.15) is 6.54 Å². The van der Waals surface area contributed by atoms with Crippen LogP contribution in [0.3, 0.4) is 0 Å². The third-order valence-corrected chi connectivity index (χ3v) is 3.46. The Balaban J connectivity index is 1.90. The number of rotatable bonds is 3. The van der Waals surface area contributed by atoms with Crippen LogP contribution in [-0.4, -0.2) is 38.9 Å². The molecule has 1 saturated heterocycles. The minimum atomic E-state index is -0.148. The van der Waals surface area contributed by atoms with Crippen LogP contribution in [0.5, 0.6) is 0 Å². The lowest BCUT2D eigenvalue weighted by Gasteiger charge is -2.30. The molecule has 0 aromatic carbocycles. The predicted octanol–water partition coefficient (Wildman–Crippen LogP) is 0.556. The molecule has 1 aliphatic rings. The lowest BCUT2D eigenvalue weighted by Crippen LogP contribution is -2.39. The van der Waals surface area contributed by atoms with Gasteiger partial charge in [-0.2, -0.15) is 0 Å². The molecular weight excluding hydrogens is 230 g/mol. The topological polar surface area (TPSA) is 77.0 Å². The fourth-order valence-corrected chi connectivity index (χ4v) is 2.10. The zero-order valence-electron chi connectivity index (χ0n) is 11.0. The molecule has 1 aromatic heterocycles. The first kappa shape index (κ1) is 13.0. The lowest BCUT2D eigenvalue weighted by atomic mass is 9.99. The number of carbonyl (C=O) groups is 1. The van der Waals surface area contributed by atoms with Crippen molar-refractivity contribution >= 4 is 5.91 Å². The van der Waals surface area contributed by atoms with Crippen molar-refractivity contribution in [2.75, 3.05) is 13.1 Å². The Morgan fingerprint density at radius 1 is 1.56 bits per heavy atom. The summed E-state index contributed by atoms with van der Waals surface area (Å²) in [4.78, 5) is 14.0. The van der Waals surface area contributed by atoms with Crippen LogP contribution in [0.25, 0.3) is 0 Å². The first-order valence-corrected chi connectivity index (χ1v) is 6.49. The van der Waals surface area contributed by atoms with E-state index in [1.165, 1.54) is 0 Å². The second-order valence-electron chi connectivity index (χ2n) is 5.19. The second kappa shape index (κ2) is 5.48. The van der Waals surface area contributed by atoms with Gasteiger partial charge in [0.15, 0.2) is 0 Å². The Morgan fingerprint density at radius 2 is 2.22 bits per heavy atom. The van der Waals surface area contributed by atoms with Crippen LogP contribution in [0.2, 0.25) is 0 Å². The maximum absolute atomic E-state index is 12.1. The molecule has 2 rings (SSSR count). The van der Waals surface area contributed by atoms with E-state index < -0.39 is 0 Å². The van der Waals surface area contributed by atoms with Gasteiger partial charge in [-0.05, 0) is 25.7 Å². The first-order valence-electron chi connectivity index (χ1n) is 6.49. The smallest absolute Gasteiger partial charge is 0.244 e. The Hall–Kier alpha value is -1.43. The summed E-state index contributed by atoms with van der Waals surface area (Å²) >= 11 is 0. The highest BCUT2D eigenvalue weighted by atomic mass is 16.2. The molecule has 0 spiro atoms. The van der Waals surface area contributed by atoms with Gasteiger partial charge in [0, 0.05) is 19.1 Å². The summed E-state index contributed by atoms with van der Waals surface area (Å²) in [5, 5.41) is 7.87. The summed E-state index contributed by atoms with van der Waals surface area (Å²) in [7, 11) is 0. The maximum Gasteiger partial charge on any atom is 0.244 e. The van der Waals surface area contributed by atoms with Gasteiger partial charge >= 0.3 is 0 Å². The van der Waals surface area contributed by atoms with E-state index in [-0.39, 0.29) is 18.5 Å².